The predicted octanol–water partition coefficient (Wildman–Crippen LogP) is 3.29. The lowest BCUT2D eigenvalue weighted by Crippen LogP contribution is -2.43. The van der Waals surface area contributed by atoms with Gasteiger partial charge in [-0.25, -0.2) is 9.37 Å². The number of carbonyl (C=O) groups is 1. The summed E-state index contributed by atoms with van der Waals surface area (Å²) >= 11 is 0. The minimum Gasteiger partial charge on any atom is -0.439 e. The molecular weight excluding hydrogens is 323 g/mol. The molecule has 1 aliphatic heterocycles. The van der Waals surface area contributed by atoms with Gasteiger partial charge in [-0.15, -0.1) is 0 Å². The molecule has 0 saturated carbocycles. The summed E-state index contributed by atoms with van der Waals surface area (Å²) in [5.74, 6) is -0.265. The summed E-state index contributed by atoms with van der Waals surface area (Å²) in [6.45, 7) is 0.664. The van der Waals surface area contributed by atoms with Gasteiger partial charge >= 0.3 is 0 Å². The molecule has 1 aliphatic rings. The van der Waals surface area contributed by atoms with Crippen LogP contribution in [0.25, 0.3) is 11.1 Å². The topological polar surface area (TPSA) is 64.4 Å². The average molecular weight is 340 g/mol. The molecule has 1 fully saturated rings. The molecule has 25 heavy (non-hydrogen) atoms. The Morgan fingerprint density at radius 1 is 1.24 bits per heavy atom. The molecule has 128 valence electrons. The minimum absolute atomic E-state index is 0.118. The molecule has 5 nitrogen and oxygen atoms in total. The third-order valence-corrected chi connectivity index (χ3v) is 4.42. The lowest BCUT2D eigenvalue weighted by atomic mass is 9.90. The van der Waals surface area contributed by atoms with Crippen molar-refractivity contribution in [3.05, 3.63) is 65.8 Å². The first-order chi connectivity index (χ1) is 12.2. The number of oxazole rings is 1. The quantitative estimate of drug-likeness (QED) is 0.791. The van der Waals surface area contributed by atoms with Gasteiger partial charge in [0.15, 0.2) is 11.2 Å². The number of nitrogens with one attached hydrogen (secondary N) is 1. The Kier molecular flexibility index (Phi) is 3.97. The molecule has 0 aliphatic carbocycles. The zero-order valence-electron chi connectivity index (χ0n) is 13.5. The minimum atomic E-state index is -0.973. The number of rotatable bonds is 4. The van der Waals surface area contributed by atoms with E-state index in [4.69, 9.17) is 9.15 Å². The van der Waals surface area contributed by atoms with Crippen molar-refractivity contribution in [1.82, 2.24) is 10.3 Å². The van der Waals surface area contributed by atoms with Crippen LogP contribution in [0.4, 0.5) is 4.39 Å². The van der Waals surface area contributed by atoms with Gasteiger partial charge in [0.05, 0.1) is 6.54 Å². The molecule has 0 bridgehead atoms. The molecule has 6 heteroatoms. The highest BCUT2D eigenvalue weighted by molar-refractivity contribution is 5.87. The molecule has 1 atom stereocenters. The molecule has 1 N–H and O–H groups in total. The number of nitrogens with zero attached hydrogens (tertiary/aromatic N) is 1. The zero-order chi connectivity index (χ0) is 17.3. The molecule has 1 unspecified atom stereocenters. The van der Waals surface area contributed by atoms with Crippen LogP contribution in [0.15, 0.2) is 52.9 Å². The van der Waals surface area contributed by atoms with Crippen LogP contribution in [0.1, 0.15) is 24.3 Å². The van der Waals surface area contributed by atoms with Crippen molar-refractivity contribution < 1.29 is 18.3 Å². The number of hydrogen-bond donors (Lipinski definition) is 1. The monoisotopic (exact) mass is 340 g/mol. The fraction of sp³-hybridized carbons (Fsp3) is 0.263. The van der Waals surface area contributed by atoms with Gasteiger partial charge in [-0.2, -0.15) is 0 Å². The van der Waals surface area contributed by atoms with Crippen LogP contribution in [-0.2, 0) is 21.7 Å². The van der Waals surface area contributed by atoms with E-state index >= 15 is 0 Å². The van der Waals surface area contributed by atoms with E-state index in [1.165, 1.54) is 18.2 Å². The molecular formula is C19H17FN2O3. The lowest BCUT2D eigenvalue weighted by Gasteiger charge is -2.27. The van der Waals surface area contributed by atoms with Crippen LogP contribution in [0.2, 0.25) is 0 Å². The molecule has 2 aromatic carbocycles. The highest BCUT2D eigenvalue weighted by atomic mass is 19.1. The first kappa shape index (κ1) is 15.8. The van der Waals surface area contributed by atoms with Gasteiger partial charge in [-0.1, -0.05) is 30.3 Å². The number of fused-ring (bicyclic) bond motifs is 1. The van der Waals surface area contributed by atoms with E-state index in [2.05, 4.69) is 10.3 Å². The van der Waals surface area contributed by atoms with Gasteiger partial charge < -0.3 is 14.5 Å². The van der Waals surface area contributed by atoms with Crippen LogP contribution in [-0.4, -0.2) is 17.5 Å². The standard InChI is InChI=1S/C19H17FN2O3/c20-14-7-8-16-15(11-14)22-17(25-16)12-21-18(23)19(9-4-10-24-19)13-5-2-1-3-6-13/h1-3,5-8,11H,4,9-10,12H2,(H,21,23). The first-order valence-corrected chi connectivity index (χ1v) is 8.20. The highest BCUT2D eigenvalue weighted by Crippen LogP contribution is 2.36. The van der Waals surface area contributed by atoms with Gasteiger partial charge in [0.1, 0.15) is 11.3 Å². The fourth-order valence-corrected chi connectivity index (χ4v) is 3.21. The Bertz CT molecular complexity index is 901. The van der Waals surface area contributed by atoms with E-state index in [9.17, 15) is 9.18 Å². The van der Waals surface area contributed by atoms with Gasteiger partial charge in [0.25, 0.3) is 5.91 Å². The Hall–Kier alpha value is -2.73. The summed E-state index contributed by atoms with van der Waals surface area (Å²) in [5, 5.41) is 2.84. The normalized spacial score (nSPS) is 20.0. The molecule has 2 heterocycles. The summed E-state index contributed by atoms with van der Waals surface area (Å²) in [5.41, 5.74) is 0.781. The maximum atomic E-state index is 13.2. The van der Waals surface area contributed by atoms with Gasteiger partial charge in [-0.3, -0.25) is 4.79 Å². The summed E-state index contributed by atoms with van der Waals surface area (Å²) < 4.78 is 24.6. The van der Waals surface area contributed by atoms with Crippen LogP contribution in [0.5, 0.6) is 0 Å². The number of amides is 1. The van der Waals surface area contributed by atoms with Crippen molar-refractivity contribution in [3.63, 3.8) is 0 Å². The Labute approximate surface area is 143 Å². The lowest BCUT2D eigenvalue weighted by molar-refractivity contribution is -0.143. The largest absolute Gasteiger partial charge is 0.439 e. The van der Waals surface area contributed by atoms with Gasteiger partial charge in [0, 0.05) is 12.7 Å². The average Bonchev–Trinajstić information content (AvgIpc) is 3.27. The van der Waals surface area contributed by atoms with Crippen molar-refractivity contribution in [1.29, 1.82) is 0 Å². The molecule has 4 rings (SSSR count). The fourth-order valence-electron chi connectivity index (χ4n) is 3.21. The van der Waals surface area contributed by atoms with Crippen LogP contribution >= 0.6 is 0 Å². The Morgan fingerprint density at radius 3 is 2.84 bits per heavy atom. The molecule has 1 aromatic heterocycles. The molecule has 0 radical (unpaired) electrons. The highest BCUT2D eigenvalue weighted by Gasteiger charge is 2.44. The van der Waals surface area contributed by atoms with Crippen molar-refractivity contribution >= 4 is 17.0 Å². The van der Waals surface area contributed by atoms with E-state index in [1.807, 2.05) is 30.3 Å². The van der Waals surface area contributed by atoms with Crippen molar-refractivity contribution in [2.45, 2.75) is 25.0 Å². The van der Waals surface area contributed by atoms with Crippen molar-refractivity contribution in [3.8, 4) is 0 Å². The van der Waals surface area contributed by atoms with Crippen molar-refractivity contribution in [2.75, 3.05) is 6.61 Å². The zero-order valence-corrected chi connectivity index (χ0v) is 13.5. The Balaban J connectivity index is 1.53. The predicted molar refractivity (Wildman–Crippen MR) is 89.1 cm³/mol. The first-order valence-electron chi connectivity index (χ1n) is 8.20. The van der Waals surface area contributed by atoms with Crippen LogP contribution < -0.4 is 5.32 Å². The van der Waals surface area contributed by atoms with Crippen LogP contribution in [0.3, 0.4) is 0 Å². The van der Waals surface area contributed by atoms with Crippen molar-refractivity contribution in [2.24, 2.45) is 0 Å². The van der Waals surface area contributed by atoms with Gasteiger partial charge in [-0.05, 0) is 30.5 Å². The SMILES string of the molecule is O=C(NCc1nc2cc(F)ccc2o1)C1(c2ccccc2)CCCO1. The second kappa shape index (κ2) is 6.29. The second-order valence-corrected chi connectivity index (χ2v) is 6.05. The van der Waals surface area contributed by atoms with E-state index < -0.39 is 5.60 Å². The Morgan fingerprint density at radius 2 is 2.08 bits per heavy atom. The summed E-state index contributed by atoms with van der Waals surface area (Å²) in [4.78, 5) is 17.1. The smallest absolute Gasteiger partial charge is 0.257 e. The number of ether oxygens (including phenoxy) is 1. The summed E-state index contributed by atoms with van der Waals surface area (Å²) in [6.07, 6.45) is 1.45. The van der Waals surface area contributed by atoms with E-state index in [0.717, 1.165) is 12.0 Å². The third kappa shape index (κ3) is 2.89. The number of carbonyl (C=O) groups excluding carboxylic acids is 1. The van der Waals surface area contributed by atoms with Gasteiger partial charge in [0.2, 0.25) is 5.89 Å². The maximum Gasteiger partial charge on any atom is 0.257 e. The van der Waals surface area contributed by atoms with E-state index in [0.29, 0.717) is 30.0 Å². The number of halogens is 1. The molecule has 0 spiro atoms. The number of aromatic nitrogens is 1. The second-order valence-electron chi connectivity index (χ2n) is 6.05. The van der Waals surface area contributed by atoms with Crippen LogP contribution in [0, 0.1) is 5.82 Å². The molecule has 1 amide bonds. The maximum absolute atomic E-state index is 13.2. The van der Waals surface area contributed by atoms with E-state index in [1.54, 1.807) is 0 Å². The number of benzene rings is 2. The molecule has 3 aromatic rings. The van der Waals surface area contributed by atoms with E-state index in [-0.39, 0.29) is 18.3 Å². The molecule has 1 saturated heterocycles. The summed E-state index contributed by atoms with van der Waals surface area (Å²) in [6, 6.07) is 13.6. The summed E-state index contributed by atoms with van der Waals surface area (Å²) in [7, 11) is 0. The third-order valence-electron chi connectivity index (χ3n) is 4.42. The number of hydrogen-bond acceptors (Lipinski definition) is 4.